The van der Waals surface area contributed by atoms with Crippen LogP contribution in [0.25, 0.3) is 21.3 Å². The van der Waals surface area contributed by atoms with E-state index in [1.54, 1.807) is 0 Å². The number of thiophene rings is 1. The maximum absolute atomic E-state index is 13.2. The molecule has 0 spiro atoms. The minimum atomic E-state index is -0.951. The smallest absolute Gasteiger partial charge is 0.271 e. The van der Waals surface area contributed by atoms with Gasteiger partial charge in [0.1, 0.15) is 23.3 Å². The third kappa shape index (κ3) is 3.56. The number of aromatic nitrogens is 2. The Hall–Kier alpha value is -4.71. The lowest BCUT2D eigenvalue weighted by atomic mass is 10.0. The molecule has 3 heterocycles. The van der Waals surface area contributed by atoms with Crippen LogP contribution in [0.2, 0.25) is 0 Å². The number of rotatable bonds is 5. The van der Waals surface area contributed by atoms with E-state index in [1.807, 2.05) is 37.3 Å². The summed E-state index contributed by atoms with van der Waals surface area (Å²) in [7, 11) is 0. The first-order valence-electron chi connectivity index (χ1n) is 10.3. The third-order valence-electron chi connectivity index (χ3n) is 5.57. The number of carbonyl (C=O) groups is 3. The van der Waals surface area contributed by atoms with E-state index >= 15 is 0 Å². The molecule has 2 aromatic carbocycles. The number of nitrogens with one attached hydrogen (secondary N) is 1. The van der Waals surface area contributed by atoms with E-state index in [0.29, 0.717) is 20.7 Å². The highest BCUT2D eigenvalue weighted by atomic mass is 32.1. The van der Waals surface area contributed by atoms with Crippen LogP contribution in [0.1, 0.15) is 25.6 Å². The molecule has 0 bridgehead atoms. The number of benzene rings is 2. The number of amides is 3. The number of fused-ring (bicyclic) bond motifs is 2. The molecule has 0 saturated heterocycles. The average Bonchev–Trinajstić information content (AvgIpc) is 3.31. The minimum absolute atomic E-state index is 0.154. The molecule has 0 radical (unpaired) electrons. The Morgan fingerprint density at radius 2 is 1.80 bits per heavy atom. The van der Waals surface area contributed by atoms with E-state index in [1.165, 1.54) is 23.5 Å². The van der Waals surface area contributed by atoms with Crippen LogP contribution in [0, 0.1) is 17.0 Å². The van der Waals surface area contributed by atoms with Gasteiger partial charge in [0.05, 0.1) is 15.9 Å². The maximum atomic E-state index is 13.2. The van der Waals surface area contributed by atoms with Crippen molar-refractivity contribution in [3.8, 4) is 11.1 Å². The Labute approximate surface area is 200 Å². The number of imide groups is 1. The average molecular weight is 489 g/mol. The van der Waals surface area contributed by atoms with Crippen LogP contribution in [0.4, 0.5) is 5.69 Å². The summed E-state index contributed by atoms with van der Waals surface area (Å²) in [5.41, 5.74) is 2.32. The van der Waals surface area contributed by atoms with Gasteiger partial charge < -0.3 is 0 Å². The van der Waals surface area contributed by atoms with Crippen LogP contribution < -0.4 is 11.0 Å². The standard InChI is InChI=1S/C23H15N5O6S/c1-12-17(13-6-3-2-4-7-13)19-20(35-12)24-11-27(23(19)32)25-16(29)10-26-21(30)14-8-5-9-15(28(33)34)18(14)22(26)31/h2-9,11H,10H2,1H3,(H,25,29). The molecular formula is C23H15N5O6S. The second-order valence-corrected chi connectivity index (χ2v) is 8.89. The number of aryl methyl sites for hydroxylation is 1. The highest BCUT2D eigenvalue weighted by Crippen LogP contribution is 2.35. The fourth-order valence-electron chi connectivity index (χ4n) is 4.06. The van der Waals surface area contributed by atoms with Crippen molar-refractivity contribution in [3.63, 3.8) is 0 Å². The first-order valence-corrected chi connectivity index (χ1v) is 11.1. The predicted molar refractivity (Wildman–Crippen MR) is 127 cm³/mol. The van der Waals surface area contributed by atoms with Crippen molar-refractivity contribution in [1.29, 1.82) is 0 Å². The molecule has 1 aliphatic heterocycles. The maximum Gasteiger partial charge on any atom is 0.282 e. The number of hydrogen-bond acceptors (Lipinski definition) is 8. The van der Waals surface area contributed by atoms with Crippen molar-refractivity contribution in [2.45, 2.75) is 6.92 Å². The van der Waals surface area contributed by atoms with Gasteiger partial charge in [-0.1, -0.05) is 36.4 Å². The number of carbonyl (C=O) groups excluding carboxylic acids is 3. The Balaban J connectivity index is 1.44. The molecule has 0 aliphatic carbocycles. The first-order chi connectivity index (χ1) is 16.8. The molecule has 3 amide bonds. The third-order valence-corrected chi connectivity index (χ3v) is 6.59. The van der Waals surface area contributed by atoms with E-state index in [2.05, 4.69) is 10.4 Å². The molecular weight excluding hydrogens is 474 g/mol. The zero-order valence-corrected chi connectivity index (χ0v) is 18.9. The topological polar surface area (TPSA) is 145 Å². The summed E-state index contributed by atoms with van der Waals surface area (Å²) < 4.78 is 0.893. The van der Waals surface area contributed by atoms with Gasteiger partial charge in [-0.05, 0) is 18.6 Å². The fourth-order valence-corrected chi connectivity index (χ4v) is 5.06. The Morgan fingerprint density at radius 3 is 2.51 bits per heavy atom. The van der Waals surface area contributed by atoms with E-state index < -0.39 is 40.4 Å². The van der Waals surface area contributed by atoms with E-state index in [4.69, 9.17) is 0 Å². The van der Waals surface area contributed by atoms with Gasteiger partial charge in [0.2, 0.25) is 0 Å². The molecule has 0 fully saturated rings. The predicted octanol–water partition coefficient (Wildman–Crippen LogP) is 2.71. The summed E-state index contributed by atoms with van der Waals surface area (Å²) in [6.45, 7) is 1.14. The number of nitro groups is 1. The lowest BCUT2D eigenvalue weighted by Gasteiger charge is -2.14. The number of nitro benzene ring substituents is 1. The van der Waals surface area contributed by atoms with E-state index in [0.717, 1.165) is 27.5 Å². The van der Waals surface area contributed by atoms with Gasteiger partial charge in [-0.15, -0.1) is 11.3 Å². The molecule has 4 aromatic rings. The summed E-state index contributed by atoms with van der Waals surface area (Å²) in [6, 6.07) is 13.0. The van der Waals surface area contributed by atoms with Gasteiger partial charge in [0.25, 0.3) is 29.0 Å². The van der Waals surface area contributed by atoms with Crippen LogP contribution in [0.5, 0.6) is 0 Å². The van der Waals surface area contributed by atoms with Crippen molar-refractivity contribution < 1.29 is 19.3 Å². The van der Waals surface area contributed by atoms with Crippen molar-refractivity contribution in [2.75, 3.05) is 12.0 Å². The molecule has 0 unspecified atom stereocenters. The van der Waals surface area contributed by atoms with E-state index in [9.17, 15) is 29.3 Å². The lowest BCUT2D eigenvalue weighted by molar-refractivity contribution is -0.385. The monoisotopic (exact) mass is 489 g/mol. The molecule has 12 heteroatoms. The van der Waals surface area contributed by atoms with Crippen molar-refractivity contribution >= 4 is 45.0 Å². The first kappa shape index (κ1) is 22.1. The second kappa shape index (κ2) is 8.25. The zero-order chi connectivity index (χ0) is 24.9. The van der Waals surface area contributed by atoms with Crippen molar-refractivity contribution in [1.82, 2.24) is 14.6 Å². The van der Waals surface area contributed by atoms with Crippen LogP contribution in [-0.2, 0) is 4.79 Å². The zero-order valence-electron chi connectivity index (χ0n) is 18.0. The summed E-state index contributed by atoms with van der Waals surface area (Å²) in [6.07, 6.45) is 1.15. The second-order valence-electron chi connectivity index (χ2n) is 7.69. The molecule has 0 saturated carbocycles. The highest BCUT2D eigenvalue weighted by Gasteiger charge is 2.41. The SMILES string of the molecule is Cc1sc2ncn(NC(=O)CN3C(=O)c4cccc([N+](=O)[O-])c4C3=O)c(=O)c2c1-c1ccccc1. The van der Waals surface area contributed by atoms with Crippen molar-refractivity contribution in [3.05, 3.63) is 91.3 Å². The Morgan fingerprint density at radius 1 is 1.06 bits per heavy atom. The quantitative estimate of drug-likeness (QED) is 0.258. The summed E-state index contributed by atoms with van der Waals surface area (Å²) >= 11 is 1.35. The van der Waals surface area contributed by atoms with Crippen LogP contribution in [-0.4, -0.2) is 43.7 Å². The molecule has 5 rings (SSSR count). The van der Waals surface area contributed by atoms with Gasteiger partial charge in [-0.3, -0.25) is 39.6 Å². The molecule has 174 valence electrons. The molecule has 1 aliphatic rings. The largest absolute Gasteiger partial charge is 0.282 e. The minimum Gasteiger partial charge on any atom is -0.271 e. The summed E-state index contributed by atoms with van der Waals surface area (Å²) in [5, 5.41) is 11.6. The molecule has 2 aromatic heterocycles. The van der Waals surface area contributed by atoms with Gasteiger partial charge in [0.15, 0.2) is 0 Å². The van der Waals surface area contributed by atoms with Crippen LogP contribution in [0.15, 0.2) is 59.7 Å². The summed E-state index contributed by atoms with van der Waals surface area (Å²) in [5.74, 6) is -2.63. The summed E-state index contributed by atoms with van der Waals surface area (Å²) in [4.78, 5) is 68.0. The van der Waals surface area contributed by atoms with Gasteiger partial charge >= 0.3 is 0 Å². The van der Waals surface area contributed by atoms with E-state index in [-0.39, 0.29) is 11.1 Å². The fraction of sp³-hybridized carbons (Fsp3) is 0.0870. The van der Waals surface area contributed by atoms with Gasteiger partial charge in [-0.25, -0.2) is 9.66 Å². The normalized spacial score (nSPS) is 12.8. The molecule has 11 nitrogen and oxygen atoms in total. The molecule has 0 atom stereocenters. The highest BCUT2D eigenvalue weighted by molar-refractivity contribution is 7.19. The Kier molecular flexibility index (Phi) is 5.21. The molecule has 1 N–H and O–H groups in total. The van der Waals surface area contributed by atoms with Gasteiger partial charge in [-0.2, -0.15) is 0 Å². The van der Waals surface area contributed by atoms with Crippen LogP contribution >= 0.6 is 11.3 Å². The van der Waals surface area contributed by atoms with Crippen molar-refractivity contribution in [2.24, 2.45) is 0 Å². The Bertz CT molecular complexity index is 1620. The number of nitrogens with zero attached hydrogens (tertiary/aromatic N) is 4. The lowest BCUT2D eigenvalue weighted by Crippen LogP contribution is -2.42. The van der Waals surface area contributed by atoms with Gasteiger partial charge in [0, 0.05) is 16.5 Å². The van der Waals surface area contributed by atoms with Crippen LogP contribution in [0.3, 0.4) is 0 Å². The molecule has 35 heavy (non-hydrogen) atoms. The number of hydrogen-bond donors (Lipinski definition) is 1.